The highest BCUT2D eigenvalue weighted by atomic mass is 16.5. The zero-order chi connectivity index (χ0) is 27.0. The molecule has 2 rings (SSSR count). The highest BCUT2D eigenvalue weighted by Gasteiger charge is 2.34. The third-order valence-corrected chi connectivity index (χ3v) is 7.36. The first-order valence-corrected chi connectivity index (χ1v) is 12.9. The Balaban J connectivity index is 2.37. The zero-order valence-electron chi connectivity index (χ0n) is 22.5. The lowest BCUT2D eigenvalue weighted by Gasteiger charge is -2.33. The first-order valence-electron chi connectivity index (χ1n) is 12.9. The summed E-state index contributed by atoms with van der Waals surface area (Å²) in [6.45, 7) is 11.7. The van der Waals surface area contributed by atoms with Gasteiger partial charge in [-0.1, -0.05) is 79.0 Å². The van der Waals surface area contributed by atoms with Crippen LogP contribution in [0.4, 0.5) is 0 Å². The van der Waals surface area contributed by atoms with Gasteiger partial charge in [-0.05, 0) is 35.0 Å². The van der Waals surface area contributed by atoms with Crippen LogP contribution in [0.2, 0.25) is 0 Å². The molecule has 0 radical (unpaired) electrons. The summed E-state index contributed by atoms with van der Waals surface area (Å²) in [6, 6.07) is 5.24. The number of amides is 3. The molecule has 0 bridgehead atoms. The smallest absolute Gasteiger partial charge is 0.328 e. The lowest BCUT2D eigenvalue weighted by atomic mass is 9.82. The minimum Gasteiger partial charge on any atom is -0.467 e. The third kappa shape index (κ3) is 6.74. The second-order valence-electron chi connectivity index (χ2n) is 9.75. The molecule has 0 aliphatic carbocycles. The molecule has 1 aliphatic rings. The van der Waals surface area contributed by atoms with Gasteiger partial charge in [-0.15, -0.1) is 0 Å². The molecule has 0 saturated carbocycles. The van der Waals surface area contributed by atoms with Crippen molar-refractivity contribution in [3.63, 3.8) is 0 Å². The number of benzene rings is 1. The van der Waals surface area contributed by atoms with Crippen molar-refractivity contribution in [2.45, 2.75) is 78.9 Å². The van der Waals surface area contributed by atoms with Gasteiger partial charge in [0.25, 0.3) is 5.91 Å². The van der Waals surface area contributed by atoms with E-state index in [0.29, 0.717) is 29.5 Å². The number of rotatable bonds is 11. The summed E-state index contributed by atoms with van der Waals surface area (Å²) in [5.41, 5.74) is 1.95. The molecule has 36 heavy (non-hydrogen) atoms. The molecule has 8 nitrogen and oxygen atoms in total. The summed E-state index contributed by atoms with van der Waals surface area (Å²) in [6.07, 6.45) is 3.63. The Morgan fingerprint density at radius 2 is 1.53 bits per heavy atom. The number of ether oxygens (including phenoxy) is 1. The maximum atomic E-state index is 13.3. The molecule has 198 valence electrons. The summed E-state index contributed by atoms with van der Waals surface area (Å²) in [5.74, 6) is -1.73. The minimum atomic E-state index is -0.842. The first-order chi connectivity index (χ1) is 17.1. The van der Waals surface area contributed by atoms with Gasteiger partial charge >= 0.3 is 5.97 Å². The van der Waals surface area contributed by atoms with Gasteiger partial charge in [0.15, 0.2) is 0 Å². The van der Waals surface area contributed by atoms with Crippen LogP contribution in [0.5, 0.6) is 0 Å². The van der Waals surface area contributed by atoms with Gasteiger partial charge in [0.2, 0.25) is 11.8 Å². The monoisotopic (exact) mass is 499 g/mol. The predicted octanol–water partition coefficient (Wildman–Crippen LogP) is 3.46. The van der Waals surface area contributed by atoms with E-state index >= 15 is 0 Å². The number of nitrogens with one attached hydrogen (secondary N) is 3. The van der Waals surface area contributed by atoms with E-state index in [1.54, 1.807) is 12.1 Å². The Bertz CT molecular complexity index is 989. The molecule has 0 spiro atoms. The van der Waals surface area contributed by atoms with Crippen molar-refractivity contribution in [2.24, 2.45) is 17.8 Å². The Kier molecular flexibility index (Phi) is 10.7. The Morgan fingerprint density at radius 1 is 0.944 bits per heavy atom. The Labute approximate surface area is 214 Å². The van der Waals surface area contributed by atoms with Crippen molar-refractivity contribution in [3.8, 4) is 0 Å². The van der Waals surface area contributed by atoms with Crippen LogP contribution < -0.4 is 16.0 Å². The largest absolute Gasteiger partial charge is 0.467 e. The van der Waals surface area contributed by atoms with E-state index < -0.39 is 29.9 Å². The molecule has 3 amide bonds. The van der Waals surface area contributed by atoms with E-state index in [9.17, 15) is 19.2 Å². The first kappa shape index (κ1) is 29.1. The van der Waals surface area contributed by atoms with E-state index in [1.165, 1.54) is 13.2 Å². The predicted molar refractivity (Wildman–Crippen MR) is 140 cm³/mol. The van der Waals surface area contributed by atoms with Gasteiger partial charge < -0.3 is 20.7 Å². The van der Waals surface area contributed by atoms with Gasteiger partial charge in [0.1, 0.15) is 12.1 Å². The van der Waals surface area contributed by atoms with Crippen LogP contribution in [0.15, 0.2) is 30.3 Å². The van der Waals surface area contributed by atoms with Gasteiger partial charge in [-0.3, -0.25) is 14.4 Å². The van der Waals surface area contributed by atoms with E-state index in [1.807, 2.05) is 53.7 Å². The minimum absolute atomic E-state index is 0.103. The number of carbonyl (C=O) groups is 4. The molecule has 1 aromatic carbocycles. The highest BCUT2D eigenvalue weighted by Crippen LogP contribution is 2.31. The van der Waals surface area contributed by atoms with Gasteiger partial charge in [0.05, 0.1) is 13.2 Å². The normalized spacial score (nSPS) is 20.2. The molecule has 1 aliphatic heterocycles. The SMILES string of the molecule is CC[C@H](C)[C@@H]1NC(=O)c2ccccc2/C1=C/C(=O)N[C@@H](C(=O)N[C@@H](C(=O)OC)[C@@H](C)CC)[C@@H](C)CC. The second kappa shape index (κ2) is 13.2. The average molecular weight is 500 g/mol. The summed E-state index contributed by atoms with van der Waals surface area (Å²) >= 11 is 0. The Hall–Kier alpha value is -3.16. The van der Waals surface area contributed by atoms with E-state index in [2.05, 4.69) is 16.0 Å². The Morgan fingerprint density at radius 3 is 2.08 bits per heavy atom. The van der Waals surface area contributed by atoms with Crippen LogP contribution in [-0.2, 0) is 19.1 Å². The molecule has 6 atom stereocenters. The number of hydrogen-bond acceptors (Lipinski definition) is 5. The van der Waals surface area contributed by atoms with E-state index in [-0.39, 0.29) is 29.7 Å². The molecular formula is C28H41N3O5. The van der Waals surface area contributed by atoms with Crippen LogP contribution in [0.25, 0.3) is 5.57 Å². The zero-order valence-corrected chi connectivity index (χ0v) is 22.5. The molecule has 0 saturated heterocycles. The van der Waals surface area contributed by atoms with Crippen molar-refractivity contribution in [1.29, 1.82) is 0 Å². The maximum absolute atomic E-state index is 13.3. The molecule has 3 N–H and O–H groups in total. The number of methoxy groups -OCH3 is 1. The summed E-state index contributed by atoms with van der Waals surface area (Å²) in [5, 5.41) is 8.69. The molecule has 0 unspecified atom stereocenters. The molecule has 1 aromatic rings. The topological polar surface area (TPSA) is 114 Å². The van der Waals surface area contributed by atoms with Crippen molar-refractivity contribution < 1.29 is 23.9 Å². The van der Waals surface area contributed by atoms with Gasteiger partial charge in [-0.2, -0.15) is 0 Å². The number of hydrogen-bond donors (Lipinski definition) is 3. The summed E-state index contributed by atoms with van der Waals surface area (Å²) < 4.78 is 4.89. The molecule has 8 heteroatoms. The van der Waals surface area contributed by atoms with Crippen LogP contribution in [-0.4, -0.2) is 48.9 Å². The fourth-order valence-corrected chi connectivity index (χ4v) is 4.33. The second-order valence-corrected chi connectivity index (χ2v) is 9.75. The third-order valence-electron chi connectivity index (χ3n) is 7.36. The molecule has 1 heterocycles. The molecule has 0 fully saturated rings. The van der Waals surface area contributed by atoms with Crippen LogP contribution in [0.3, 0.4) is 0 Å². The fraction of sp³-hybridized carbons (Fsp3) is 0.571. The number of esters is 1. The summed E-state index contributed by atoms with van der Waals surface area (Å²) in [7, 11) is 1.29. The van der Waals surface area contributed by atoms with E-state index in [4.69, 9.17) is 4.74 Å². The lowest BCUT2D eigenvalue weighted by molar-refractivity contribution is -0.147. The quantitative estimate of drug-likeness (QED) is 0.319. The van der Waals surface area contributed by atoms with Crippen molar-refractivity contribution in [3.05, 3.63) is 41.5 Å². The van der Waals surface area contributed by atoms with Gasteiger partial charge in [-0.25, -0.2) is 4.79 Å². The highest BCUT2D eigenvalue weighted by molar-refractivity contribution is 6.07. The maximum Gasteiger partial charge on any atom is 0.328 e. The number of fused-ring (bicyclic) bond motifs is 1. The van der Waals surface area contributed by atoms with Crippen molar-refractivity contribution >= 4 is 29.3 Å². The fourth-order valence-electron chi connectivity index (χ4n) is 4.33. The average Bonchev–Trinajstić information content (AvgIpc) is 2.89. The van der Waals surface area contributed by atoms with Crippen LogP contribution in [0.1, 0.15) is 76.7 Å². The number of carbonyl (C=O) groups excluding carboxylic acids is 4. The summed E-state index contributed by atoms with van der Waals surface area (Å²) in [4.78, 5) is 51.5. The van der Waals surface area contributed by atoms with Gasteiger partial charge in [0, 0.05) is 11.6 Å². The molecule has 0 aromatic heterocycles. The van der Waals surface area contributed by atoms with Crippen LogP contribution in [0, 0.1) is 17.8 Å². The molecular weight excluding hydrogens is 458 g/mol. The van der Waals surface area contributed by atoms with E-state index in [0.717, 1.165) is 6.42 Å². The van der Waals surface area contributed by atoms with Crippen molar-refractivity contribution in [2.75, 3.05) is 7.11 Å². The van der Waals surface area contributed by atoms with Crippen LogP contribution >= 0.6 is 0 Å². The standard InChI is InChI=1S/C28H41N3O5/c1-8-16(4)23-21(19-13-11-12-14-20(19)26(33)30-23)15-22(32)29-24(17(5)9-2)27(34)31-25(18(6)10-3)28(35)36-7/h11-18,23-25H,8-10H2,1-7H3,(H,29,32)(H,30,33)(H,31,34)/b21-15-/t16-,17-,18-,23-,24+,25+/m0/s1. The van der Waals surface area contributed by atoms with Crippen molar-refractivity contribution in [1.82, 2.24) is 16.0 Å². The lowest BCUT2D eigenvalue weighted by Crippen LogP contribution is -2.55.